The minimum Gasteiger partial charge on any atom is -0.370 e. The van der Waals surface area contributed by atoms with Crippen molar-refractivity contribution in [3.63, 3.8) is 0 Å². The Kier molecular flexibility index (Phi) is 5.72. The Balaban J connectivity index is 1.35. The molecule has 0 atom stereocenters. The van der Waals surface area contributed by atoms with Crippen LogP contribution in [-0.4, -0.2) is 45.8 Å². The molecule has 2 aromatic heterocycles. The molecule has 28 heavy (non-hydrogen) atoms. The second-order valence-corrected chi connectivity index (χ2v) is 6.51. The van der Waals surface area contributed by atoms with Gasteiger partial charge in [-0.25, -0.2) is 4.98 Å². The highest BCUT2D eigenvalue weighted by atomic mass is 15.5. The van der Waals surface area contributed by atoms with Gasteiger partial charge in [0.05, 0.1) is 5.69 Å². The molecule has 0 bridgehead atoms. The van der Waals surface area contributed by atoms with Crippen LogP contribution in [0.25, 0.3) is 11.3 Å². The first-order valence-electron chi connectivity index (χ1n) is 9.50. The zero-order chi connectivity index (χ0) is 19.0. The molecule has 0 saturated heterocycles. The van der Waals surface area contributed by atoms with Crippen molar-refractivity contribution in [2.45, 2.75) is 12.8 Å². The van der Waals surface area contributed by atoms with Gasteiger partial charge in [0.25, 0.3) is 0 Å². The average molecular weight is 373 g/mol. The van der Waals surface area contributed by atoms with Crippen molar-refractivity contribution >= 4 is 23.7 Å². The Morgan fingerprint density at radius 2 is 2.00 bits per heavy atom. The Bertz CT molecular complexity index is 927. The normalized spacial score (nSPS) is 12.9. The van der Waals surface area contributed by atoms with Gasteiger partial charge in [0, 0.05) is 55.9 Å². The van der Waals surface area contributed by atoms with Crippen molar-refractivity contribution in [1.29, 1.82) is 0 Å². The van der Waals surface area contributed by atoms with Crippen LogP contribution >= 0.6 is 0 Å². The summed E-state index contributed by atoms with van der Waals surface area (Å²) in [6, 6.07) is 15.8. The van der Waals surface area contributed by atoms with Gasteiger partial charge in [0.2, 0.25) is 5.95 Å². The van der Waals surface area contributed by atoms with E-state index in [9.17, 15) is 0 Å². The van der Waals surface area contributed by atoms with E-state index in [0.717, 1.165) is 55.2 Å². The highest BCUT2D eigenvalue weighted by molar-refractivity contribution is 5.67. The van der Waals surface area contributed by atoms with Crippen LogP contribution in [0.15, 0.2) is 66.0 Å². The van der Waals surface area contributed by atoms with Crippen molar-refractivity contribution < 1.29 is 0 Å². The number of rotatable bonds is 8. The zero-order valence-electron chi connectivity index (χ0n) is 15.6. The summed E-state index contributed by atoms with van der Waals surface area (Å²) in [7, 11) is 0. The Hall–Kier alpha value is -3.48. The molecule has 1 aromatic carbocycles. The molecule has 2 N–H and O–H groups in total. The molecule has 142 valence electrons. The SMILES string of the molecule is C1=NN(CCCNc2ccnc(Nc3cccc(-c4ccccn4)c3)n2)CC1. The van der Waals surface area contributed by atoms with E-state index in [-0.39, 0.29) is 0 Å². The van der Waals surface area contributed by atoms with Crippen molar-refractivity contribution in [3.8, 4) is 11.3 Å². The fourth-order valence-electron chi connectivity index (χ4n) is 3.02. The maximum Gasteiger partial charge on any atom is 0.229 e. The summed E-state index contributed by atoms with van der Waals surface area (Å²) in [4.78, 5) is 13.3. The Morgan fingerprint density at radius 3 is 2.86 bits per heavy atom. The summed E-state index contributed by atoms with van der Waals surface area (Å²) in [6.45, 7) is 2.83. The Labute approximate surface area is 164 Å². The van der Waals surface area contributed by atoms with E-state index in [2.05, 4.69) is 35.7 Å². The van der Waals surface area contributed by atoms with Gasteiger partial charge in [-0.1, -0.05) is 18.2 Å². The van der Waals surface area contributed by atoms with Crippen LogP contribution in [0.3, 0.4) is 0 Å². The maximum absolute atomic E-state index is 4.55. The number of aromatic nitrogens is 3. The molecular weight excluding hydrogens is 350 g/mol. The molecule has 0 fully saturated rings. The average Bonchev–Trinajstić information content (AvgIpc) is 3.26. The molecule has 0 aliphatic carbocycles. The highest BCUT2D eigenvalue weighted by Crippen LogP contribution is 2.22. The number of anilines is 3. The number of benzene rings is 1. The molecule has 3 aromatic rings. The molecule has 0 unspecified atom stereocenters. The van der Waals surface area contributed by atoms with Crippen LogP contribution in [0.2, 0.25) is 0 Å². The van der Waals surface area contributed by atoms with Crippen LogP contribution in [0.4, 0.5) is 17.5 Å². The van der Waals surface area contributed by atoms with Crippen LogP contribution in [-0.2, 0) is 0 Å². The van der Waals surface area contributed by atoms with Gasteiger partial charge < -0.3 is 10.6 Å². The molecule has 7 heteroatoms. The number of nitrogens with one attached hydrogen (secondary N) is 2. The topological polar surface area (TPSA) is 78.3 Å². The van der Waals surface area contributed by atoms with Crippen molar-refractivity contribution in [1.82, 2.24) is 20.0 Å². The van der Waals surface area contributed by atoms with Gasteiger partial charge in [-0.3, -0.25) is 9.99 Å². The van der Waals surface area contributed by atoms with Gasteiger partial charge in [-0.15, -0.1) is 0 Å². The lowest BCUT2D eigenvalue weighted by Gasteiger charge is -2.13. The zero-order valence-corrected chi connectivity index (χ0v) is 15.6. The molecule has 0 spiro atoms. The summed E-state index contributed by atoms with van der Waals surface area (Å²) >= 11 is 0. The third-order valence-corrected chi connectivity index (χ3v) is 4.40. The first-order valence-corrected chi connectivity index (χ1v) is 9.50. The van der Waals surface area contributed by atoms with Crippen LogP contribution < -0.4 is 10.6 Å². The fourth-order valence-corrected chi connectivity index (χ4v) is 3.02. The minimum atomic E-state index is 0.562. The van der Waals surface area contributed by atoms with Crippen molar-refractivity contribution in [2.75, 3.05) is 30.3 Å². The second kappa shape index (κ2) is 8.94. The standard InChI is InChI=1S/C21H23N7/c1-2-10-22-19(8-1)17-6-3-7-18(16-17)26-21-24-13-9-20(27-21)23-11-4-14-28-15-5-12-25-28/h1-3,6-10,12-13,16H,4-5,11,14-15H2,(H2,23,24,26,27). The molecule has 4 rings (SSSR count). The van der Waals surface area contributed by atoms with Crippen molar-refractivity contribution in [2.24, 2.45) is 5.10 Å². The number of hydrogen-bond donors (Lipinski definition) is 2. The molecule has 0 radical (unpaired) electrons. The number of hydrazone groups is 1. The summed E-state index contributed by atoms with van der Waals surface area (Å²) in [6.07, 6.45) is 7.58. The quantitative estimate of drug-likeness (QED) is 0.585. The van der Waals surface area contributed by atoms with E-state index in [1.54, 1.807) is 12.4 Å². The summed E-state index contributed by atoms with van der Waals surface area (Å²) in [5, 5.41) is 13.0. The van der Waals surface area contributed by atoms with Gasteiger partial charge >= 0.3 is 0 Å². The molecule has 1 aliphatic heterocycles. The third-order valence-electron chi connectivity index (χ3n) is 4.40. The smallest absolute Gasteiger partial charge is 0.229 e. The molecule has 1 aliphatic rings. The third kappa shape index (κ3) is 4.82. The van der Waals surface area contributed by atoms with E-state index in [1.807, 2.05) is 54.7 Å². The lowest BCUT2D eigenvalue weighted by Crippen LogP contribution is -2.18. The van der Waals surface area contributed by atoms with E-state index in [1.165, 1.54) is 0 Å². The largest absolute Gasteiger partial charge is 0.370 e. The lowest BCUT2D eigenvalue weighted by molar-refractivity contribution is 0.317. The fraction of sp³-hybridized carbons (Fsp3) is 0.238. The molecule has 3 heterocycles. The number of pyridine rings is 1. The summed E-state index contributed by atoms with van der Waals surface area (Å²) < 4.78 is 0. The van der Waals surface area contributed by atoms with Crippen LogP contribution in [0, 0.1) is 0 Å². The van der Waals surface area contributed by atoms with E-state index < -0.39 is 0 Å². The predicted molar refractivity (Wildman–Crippen MR) is 113 cm³/mol. The first kappa shape index (κ1) is 17.9. The van der Waals surface area contributed by atoms with Gasteiger partial charge in [0.15, 0.2) is 0 Å². The Morgan fingerprint density at radius 1 is 1.00 bits per heavy atom. The highest BCUT2D eigenvalue weighted by Gasteiger charge is 2.05. The van der Waals surface area contributed by atoms with Crippen LogP contribution in [0.1, 0.15) is 12.8 Å². The predicted octanol–water partition coefficient (Wildman–Crippen LogP) is 3.78. The maximum atomic E-state index is 4.55. The first-order chi connectivity index (χ1) is 13.9. The number of hydrogen-bond acceptors (Lipinski definition) is 7. The van der Waals surface area contributed by atoms with Crippen LogP contribution in [0.5, 0.6) is 0 Å². The molecule has 7 nitrogen and oxygen atoms in total. The minimum absolute atomic E-state index is 0.562. The van der Waals surface area contributed by atoms with E-state index in [4.69, 9.17) is 0 Å². The molecule has 0 saturated carbocycles. The van der Waals surface area contributed by atoms with Gasteiger partial charge in [-0.2, -0.15) is 10.1 Å². The summed E-state index contributed by atoms with van der Waals surface area (Å²) in [5.74, 6) is 1.37. The molecular formula is C21H23N7. The number of nitrogens with zero attached hydrogens (tertiary/aromatic N) is 5. The van der Waals surface area contributed by atoms with E-state index >= 15 is 0 Å². The molecule has 0 amide bonds. The lowest BCUT2D eigenvalue weighted by atomic mass is 10.1. The van der Waals surface area contributed by atoms with Gasteiger partial charge in [-0.05, 0) is 36.8 Å². The van der Waals surface area contributed by atoms with E-state index in [0.29, 0.717) is 5.95 Å². The second-order valence-electron chi connectivity index (χ2n) is 6.51. The summed E-state index contributed by atoms with van der Waals surface area (Å²) in [5.41, 5.74) is 2.90. The van der Waals surface area contributed by atoms with Gasteiger partial charge in [0.1, 0.15) is 5.82 Å². The van der Waals surface area contributed by atoms with Crippen molar-refractivity contribution in [3.05, 3.63) is 60.9 Å². The monoisotopic (exact) mass is 373 g/mol.